The van der Waals surface area contributed by atoms with Crippen LogP contribution in [0.5, 0.6) is 0 Å². The number of hydrogen-bond acceptors (Lipinski definition) is 6. The maximum absolute atomic E-state index is 14.3. The first-order valence-electron chi connectivity index (χ1n) is 11.0. The van der Waals surface area contributed by atoms with E-state index in [1.807, 2.05) is 23.4 Å². The van der Waals surface area contributed by atoms with Crippen LogP contribution >= 0.6 is 0 Å². The molecule has 0 aromatic heterocycles. The van der Waals surface area contributed by atoms with E-state index in [4.69, 9.17) is 14.6 Å². The van der Waals surface area contributed by atoms with Crippen LogP contribution in [0.4, 0.5) is 4.39 Å². The summed E-state index contributed by atoms with van der Waals surface area (Å²) in [6.07, 6.45) is 17.8. The highest BCUT2D eigenvalue weighted by Gasteiger charge is 2.28. The minimum absolute atomic E-state index is 0.0114. The predicted octanol–water partition coefficient (Wildman–Crippen LogP) is 4.05. The molecule has 0 aromatic carbocycles. The number of allylic oxidation sites excluding steroid dienone is 6. The van der Waals surface area contributed by atoms with Gasteiger partial charge in [-0.25, -0.2) is 4.39 Å². The van der Waals surface area contributed by atoms with Crippen LogP contribution in [0.2, 0.25) is 0 Å². The van der Waals surface area contributed by atoms with E-state index >= 15 is 0 Å². The maximum Gasteiger partial charge on any atom is 0.166 e. The lowest BCUT2D eigenvalue weighted by Gasteiger charge is -2.35. The number of ether oxygens (including phenoxy) is 1. The van der Waals surface area contributed by atoms with E-state index in [0.29, 0.717) is 6.54 Å². The molecule has 2 aliphatic carbocycles. The number of nitrogens with one attached hydrogen (secondary N) is 1. The van der Waals surface area contributed by atoms with Crippen molar-refractivity contribution in [1.29, 1.82) is 0 Å². The summed E-state index contributed by atoms with van der Waals surface area (Å²) in [5.74, 6) is 0.508. The van der Waals surface area contributed by atoms with Gasteiger partial charge in [0, 0.05) is 12.6 Å². The Morgan fingerprint density at radius 3 is 2.65 bits per heavy atom. The summed E-state index contributed by atoms with van der Waals surface area (Å²) in [7, 11) is 1.46. The molecule has 1 heterocycles. The fraction of sp³-hybridized carbons (Fsp3) is 0.500. The third kappa shape index (κ3) is 6.24. The molecule has 3 aliphatic rings. The number of fused-ring (bicyclic) bond motifs is 2. The van der Waals surface area contributed by atoms with E-state index in [1.165, 1.54) is 13.2 Å². The van der Waals surface area contributed by atoms with Crippen molar-refractivity contribution in [2.75, 3.05) is 13.7 Å². The van der Waals surface area contributed by atoms with Gasteiger partial charge in [0.05, 0.1) is 31.4 Å². The smallest absolute Gasteiger partial charge is 0.166 e. The van der Waals surface area contributed by atoms with E-state index in [0.717, 1.165) is 18.7 Å². The number of rotatable bonds is 8. The number of amidine groups is 1. The zero-order valence-electron chi connectivity index (χ0n) is 18.7. The van der Waals surface area contributed by atoms with Crippen molar-refractivity contribution in [3.05, 3.63) is 60.2 Å². The summed E-state index contributed by atoms with van der Waals surface area (Å²) in [6.45, 7) is 6.95. The molecule has 5 atom stereocenters. The Labute approximate surface area is 184 Å². The largest absolute Gasteiger partial charge is 0.495 e. The first kappa shape index (κ1) is 23.2. The molecule has 0 aromatic rings. The van der Waals surface area contributed by atoms with E-state index in [9.17, 15) is 4.39 Å². The topological polar surface area (TPSA) is 58.5 Å². The van der Waals surface area contributed by atoms with Crippen molar-refractivity contribution in [3.63, 3.8) is 0 Å². The minimum Gasteiger partial charge on any atom is -0.495 e. The van der Waals surface area contributed by atoms with Gasteiger partial charge in [-0.05, 0) is 38.8 Å². The maximum atomic E-state index is 14.3. The zero-order chi connectivity index (χ0) is 22.2. The number of aliphatic imine (C=N–C) groups is 2. The van der Waals surface area contributed by atoms with Crippen molar-refractivity contribution in [2.45, 2.75) is 63.9 Å². The first-order chi connectivity index (χ1) is 15.0. The molecule has 3 rings (SSSR count). The molecule has 3 unspecified atom stereocenters. The summed E-state index contributed by atoms with van der Waals surface area (Å²) in [5.41, 5.74) is 0. The fourth-order valence-electron chi connectivity index (χ4n) is 3.68. The SMILES string of the molecule is CCCN(OC1C=CC=CC(F)=C1OC)[C@H](C)[C@@H](C)NC1=NC2C=CC=CC(C2)N=C1. The second kappa shape index (κ2) is 11.2. The number of nitrogens with zero attached hydrogens (tertiary/aromatic N) is 3. The number of halogens is 1. The van der Waals surface area contributed by atoms with Crippen molar-refractivity contribution in [1.82, 2.24) is 10.4 Å². The molecule has 0 fully saturated rings. The minimum atomic E-state index is -0.627. The Kier molecular flexibility index (Phi) is 8.37. The van der Waals surface area contributed by atoms with E-state index in [1.54, 1.807) is 18.2 Å². The van der Waals surface area contributed by atoms with Crippen LogP contribution < -0.4 is 5.32 Å². The summed E-state index contributed by atoms with van der Waals surface area (Å²) < 4.78 is 19.6. The summed E-state index contributed by atoms with van der Waals surface area (Å²) >= 11 is 0. The van der Waals surface area contributed by atoms with Crippen molar-refractivity contribution in [3.8, 4) is 0 Å². The monoisotopic (exact) mass is 428 g/mol. The van der Waals surface area contributed by atoms with Gasteiger partial charge in [-0.15, -0.1) is 0 Å². The zero-order valence-corrected chi connectivity index (χ0v) is 18.7. The summed E-state index contributed by atoms with van der Waals surface area (Å²) in [4.78, 5) is 15.7. The van der Waals surface area contributed by atoms with Crippen molar-refractivity contribution >= 4 is 12.1 Å². The lowest BCUT2D eigenvalue weighted by atomic mass is 10.1. The molecule has 1 aliphatic heterocycles. The fourth-order valence-corrected chi connectivity index (χ4v) is 3.68. The third-order valence-electron chi connectivity index (χ3n) is 5.55. The Morgan fingerprint density at radius 1 is 1.16 bits per heavy atom. The van der Waals surface area contributed by atoms with Crippen LogP contribution in [0.3, 0.4) is 0 Å². The van der Waals surface area contributed by atoms with Crippen LogP contribution in [0.25, 0.3) is 0 Å². The van der Waals surface area contributed by atoms with E-state index in [2.05, 4.69) is 43.2 Å². The normalized spacial score (nSPS) is 26.9. The highest BCUT2D eigenvalue weighted by atomic mass is 19.1. The second-order valence-electron chi connectivity index (χ2n) is 7.93. The van der Waals surface area contributed by atoms with Gasteiger partial charge >= 0.3 is 0 Å². The van der Waals surface area contributed by atoms with Gasteiger partial charge in [0.2, 0.25) is 0 Å². The van der Waals surface area contributed by atoms with Crippen LogP contribution in [0.1, 0.15) is 33.6 Å². The molecular formula is C24H33FN4O2. The average molecular weight is 429 g/mol. The summed E-state index contributed by atoms with van der Waals surface area (Å²) in [6, 6.07) is 0.267. The highest BCUT2D eigenvalue weighted by molar-refractivity contribution is 6.29. The molecule has 0 radical (unpaired) electrons. The number of hydrogen-bond donors (Lipinski definition) is 1. The van der Waals surface area contributed by atoms with Crippen LogP contribution in [0, 0.1) is 0 Å². The number of methoxy groups -OCH3 is 1. The molecule has 7 heteroatoms. The van der Waals surface area contributed by atoms with Gasteiger partial charge in [0.15, 0.2) is 17.7 Å². The molecule has 2 bridgehead atoms. The molecule has 0 spiro atoms. The quantitative estimate of drug-likeness (QED) is 0.593. The molecular weight excluding hydrogens is 395 g/mol. The lowest BCUT2D eigenvalue weighted by Crippen LogP contribution is -2.50. The van der Waals surface area contributed by atoms with Crippen LogP contribution in [-0.2, 0) is 9.57 Å². The number of hydroxylamine groups is 2. The molecule has 168 valence electrons. The summed E-state index contributed by atoms with van der Waals surface area (Å²) in [5, 5.41) is 5.38. The van der Waals surface area contributed by atoms with Gasteiger partial charge in [-0.3, -0.25) is 14.8 Å². The first-order valence-corrected chi connectivity index (χ1v) is 11.0. The standard InChI is InChI=1S/C24H33FN4O2/c1-5-14-29(31-22-13-9-8-12-21(25)24(22)30-4)18(3)17(2)27-23-16-26-19-10-6-7-11-20(15-19)28-23/h6-13,16-20,22H,5,14-15H2,1-4H3,(H,27,28)/t17-,18-,19?,20?,22?/m1/s1. The van der Waals surface area contributed by atoms with E-state index in [-0.39, 0.29) is 29.9 Å². The Morgan fingerprint density at radius 2 is 1.90 bits per heavy atom. The van der Waals surface area contributed by atoms with Gasteiger partial charge in [0.25, 0.3) is 0 Å². The molecule has 0 amide bonds. The van der Waals surface area contributed by atoms with Crippen LogP contribution in [0.15, 0.2) is 70.2 Å². The average Bonchev–Trinajstić information content (AvgIpc) is 3.17. The van der Waals surface area contributed by atoms with E-state index < -0.39 is 11.9 Å². The van der Waals surface area contributed by atoms with Crippen molar-refractivity contribution < 1.29 is 14.0 Å². The van der Waals surface area contributed by atoms with Crippen LogP contribution in [-0.4, -0.2) is 61.0 Å². The van der Waals surface area contributed by atoms with Gasteiger partial charge in [0.1, 0.15) is 5.84 Å². The van der Waals surface area contributed by atoms with Gasteiger partial charge < -0.3 is 10.1 Å². The van der Waals surface area contributed by atoms with Gasteiger partial charge in [-0.2, -0.15) is 5.06 Å². The molecule has 0 saturated heterocycles. The Hall–Kier alpha value is -2.51. The third-order valence-corrected chi connectivity index (χ3v) is 5.55. The van der Waals surface area contributed by atoms with Gasteiger partial charge in [-0.1, -0.05) is 43.4 Å². The molecule has 0 saturated carbocycles. The Balaban J connectivity index is 1.70. The predicted molar refractivity (Wildman–Crippen MR) is 124 cm³/mol. The lowest BCUT2D eigenvalue weighted by molar-refractivity contribution is -0.207. The molecule has 6 nitrogen and oxygen atoms in total. The second-order valence-corrected chi connectivity index (χ2v) is 7.93. The van der Waals surface area contributed by atoms with Crippen molar-refractivity contribution in [2.24, 2.45) is 9.98 Å². The molecule has 31 heavy (non-hydrogen) atoms. The molecule has 1 N–H and O–H groups in total. The Bertz CT molecular complexity index is 827. The highest BCUT2D eigenvalue weighted by Crippen LogP contribution is 2.22.